The number of sulfonamides is 1. The Labute approximate surface area is 126 Å². The van der Waals surface area contributed by atoms with E-state index in [0.717, 1.165) is 38.9 Å². The fourth-order valence-electron chi connectivity index (χ4n) is 3.77. The van der Waals surface area contributed by atoms with Gasteiger partial charge in [0.25, 0.3) is 0 Å². The van der Waals surface area contributed by atoms with Gasteiger partial charge in [0.1, 0.15) is 0 Å². The molecule has 2 fully saturated rings. The first-order valence-corrected chi connectivity index (χ1v) is 9.36. The molecule has 0 N–H and O–H groups in total. The van der Waals surface area contributed by atoms with Crippen molar-refractivity contribution in [2.45, 2.75) is 25.8 Å². The molecule has 1 spiro atoms. The number of aromatic nitrogens is 2. The summed E-state index contributed by atoms with van der Waals surface area (Å²) in [6.07, 6.45) is 8.57. The number of rotatable bonds is 3. The zero-order valence-electron chi connectivity index (χ0n) is 12.8. The Kier molecular flexibility index (Phi) is 3.83. The maximum Gasteiger partial charge on any atom is 0.211 e. The normalized spacial score (nSPS) is 28.5. The molecular formula is C14H24N4O2S. The lowest BCUT2D eigenvalue weighted by molar-refractivity contribution is 0.0935. The third-order valence-electron chi connectivity index (χ3n) is 4.78. The highest BCUT2D eigenvalue weighted by Crippen LogP contribution is 2.40. The average molecular weight is 312 g/mol. The van der Waals surface area contributed by atoms with E-state index in [1.807, 2.05) is 17.9 Å². The van der Waals surface area contributed by atoms with Gasteiger partial charge >= 0.3 is 0 Å². The van der Waals surface area contributed by atoms with Crippen molar-refractivity contribution in [3.05, 3.63) is 18.0 Å². The fourth-order valence-corrected chi connectivity index (χ4v) is 4.70. The van der Waals surface area contributed by atoms with Gasteiger partial charge in [0.15, 0.2) is 0 Å². The number of hydrogen-bond donors (Lipinski definition) is 0. The van der Waals surface area contributed by atoms with E-state index in [0.29, 0.717) is 13.1 Å². The van der Waals surface area contributed by atoms with Crippen LogP contribution in [-0.2, 0) is 23.6 Å². The van der Waals surface area contributed by atoms with Crippen LogP contribution < -0.4 is 0 Å². The van der Waals surface area contributed by atoms with Crippen molar-refractivity contribution in [2.24, 2.45) is 12.5 Å². The average Bonchev–Trinajstić information content (AvgIpc) is 2.97. The molecule has 0 bridgehead atoms. The molecule has 0 aromatic carbocycles. The van der Waals surface area contributed by atoms with E-state index < -0.39 is 10.0 Å². The Balaban J connectivity index is 1.66. The summed E-state index contributed by atoms with van der Waals surface area (Å²) in [6, 6.07) is 0. The molecule has 21 heavy (non-hydrogen) atoms. The highest BCUT2D eigenvalue weighted by molar-refractivity contribution is 7.88. The maximum absolute atomic E-state index is 11.7. The molecule has 1 aromatic rings. The van der Waals surface area contributed by atoms with Gasteiger partial charge in [-0.25, -0.2) is 12.7 Å². The molecule has 3 heterocycles. The van der Waals surface area contributed by atoms with E-state index in [4.69, 9.17) is 0 Å². The Morgan fingerprint density at radius 1 is 1.29 bits per heavy atom. The van der Waals surface area contributed by atoms with Crippen LogP contribution in [0.2, 0.25) is 0 Å². The van der Waals surface area contributed by atoms with Crippen LogP contribution >= 0.6 is 0 Å². The van der Waals surface area contributed by atoms with Crippen molar-refractivity contribution < 1.29 is 8.42 Å². The minimum atomic E-state index is -3.05. The summed E-state index contributed by atoms with van der Waals surface area (Å²) in [5, 5.41) is 4.22. The molecule has 2 aliphatic rings. The molecular weight excluding hydrogens is 288 g/mol. The van der Waals surface area contributed by atoms with E-state index in [1.165, 1.54) is 11.8 Å². The molecule has 0 unspecified atom stereocenters. The van der Waals surface area contributed by atoms with Crippen LogP contribution in [0.3, 0.4) is 0 Å². The number of nitrogens with zero attached hydrogens (tertiary/aromatic N) is 4. The fraction of sp³-hybridized carbons (Fsp3) is 0.786. The summed E-state index contributed by atoms with van der Waals surface area (Å²) >= 11 is 0. The van der Waals surface area contributed by atoms with Gasteiger partial charge in [-0.3, -0.25) is 9.58 Å². The summed E-state index contributed by atoms with van der Waals surface area (Å²) in [6.45, 7) is 4.37. The van der Waals surface area contributed by atoms with Crippen molar-refractivity contribution in [1.29, 1.82) is 0 Å². The third kappa shape index (κ3) is 3.30. The summed E-state index contributed by atoms with van der Waals surface area (Å²) < 4.78 is 27.0. The van der Waals surface area contributed by atoms with Crippen molar-refractivity contribution in [3.8, 4) is 0 Å². The second kappa shape index (κ2) is 5.37. The zero-order valence-corrected chi connectivity index (χ0v) is 13.6. The Bertz CT molecular complexity index is 612. The SMILES string of the molecule is Cn1cc(CN2CCC[C@]3(CCN(S(C)(=O)=O)C3)C2)cn1. The van der Waals surface area contributed by atoms with E-state index in [-0.39, 0.29) is 5.41 Å². The second-order valence-electron chi connectivity index (χ2n) is 6.68. The minimum Gasteiger partial charge on any atom is -0.298 e. The molecule has 0 aliphatic carbocycles. The lowest BCUT2D eigenvalue weighted by Crippen LogP contribution is -2.44. The summed E-state index contributed by atoms with van der Waals surface area (Å²) in [5.41, 5.74) is 1.39. The molecule has 1 aromatic heterocycles. The third-order valence-corrected chi connectivity index (χ3v) is 6.03. The number of aryl methyl sites for hydroxylation is 1. The minimum absolute atomic E-state index is 0.156. The lowest BCUT2D eigenvalue weighted by Gasteiger charge is -2.40. The predicted molar refractivity (Wildman–Crippen MR) is 81.2 cm³/mol. The number of piperidine rings is 1. The predicted octanol–water partition coefficient (Wildman–Crippen LogP) is 0.668. The quantitative estimate of drug-likeness (QED) is 0.823. The highest BCUT2D eigenvalue weighted by Gasteiger charge is 2.43. The molecule has 6 nitrogen and oxygen atoms in total. The standard InChI is InChI=1S/C14H24N4O2S/c1-16-9-13(8-15-16)10-17-6-3-4-14(11-17)5-7-18(12-14)21(2,19)20/h8-9H,3-7,10-12H2,1-2H3/t14-/m0/s1. The first-order valence-electron chi connectivity index (χ1n) is 7.51. The first kappa shape index (κ1) is 15.0. The van der Waals surface area contributed by atoms with Gasteiger partial charge in [-0.15, -0.1) is 0 Å². The van der Waals surface area contributed by atoms with Crippen LogP contribution in [0.25, 0.3) is 0 Å². The zero-order chi connectivity index (χ0) is 15.1. The number of likely N-dealkylation sites (tertiary alicyclic amines) is 1. The largest absolute Gasteiger partial charge is 0.298 e. The van der Waals surface area contributed by atoms with Gasteiger partial charge in [0.2, 0.25) is 10.0 Å². The summed E-state index contributed by atoms with van der Waals surface area (Å²) in [5.74, 6) is 0. The molecule has 1 atom stereocenters. The van der Waals surface area contributed by atoms with Gasteiger partial charge in [0, 0.05) is 45.0 Å². The van der Waals surface area contributed by atoms with Crippen molar-refractivity contribution in [2.75, 3.05) is 32.4 Å². The maximum atomic E-state index is 11.7. The van der Waals surface area contributed by atoms with Gasteiger partial charge in [-0.1, -0.05) is 0 Å². The second-order valence-corrected chi connectivity index (χ2v) is 8.67. The molecule has 0 radical (unpaired) electrons. The van der Waals surface area contributed by atoms with Crippen LogP contribution in [0.15, 0.2) is 12.4 Å². The first-order chi connectivity index (χ1) is 9.86. The van der Waals surface area contributed by atoms with Crippen LogP contribution in [0.4, 0.5) is 0 Å². The highest BCUT2D eigenvalue weighted by atomic mass is 32.2. The molecule has 118 valence electrons. The van der Waals surface area contributed by atoms with Crippen molar-refractivity contribution in [1.82, 2.24) is 19.0 Å². The smallest absolute Gasteiger partial charge is 0.211 e. The molecule has 0 amide bonds. The van der Waals surface area contributed by atoms with Crippen molar-refractivity contribution >= 4 is 10.0 Å². The van der Waals surface area contributed by atoms with Gasteiger partial charge in [-0.2, -0.15) is 5.10 Å². The Morgan fingerprint density at radius 2 is 2.10 bits per heavy atom. The molecule has 3 rings (SSSR count). The van der Waals surface area contributed by atoms with E-state index >= 15 is 0 Å². The molecule has 0 saturated carbocycles. The van der Waals surface area contributed by atoms with Crippen LogP contribution in [0, 0.1) is 5.41 Å². The summed E-state index contributed by atoms with van der Waals surface area (Å²) in [4.78, 5) is 2.45. The summed E-state index contributed by atoms with van der Waals surface area (Å²) in [7, 11) is -1.12. The van der Waals surface area contributed by atoms with Gasteiger partial charge < -0.3 is 0 Å². The van der Waals surface area contributed by atoms with E-state index in [1.54, 1.807) is 4.31 Å². The molecule has 7 heteroatoms. The monoisotopic (exact) mass is 312 g/mol. The van der Waals surface area contributed by atoms with Gasteiger partial charge in [0.05, 0.1) is 12.5 Å². The van der Waals surface area contributed by atoms with Crippen LogP contribution in [-0.4, -0.2) is 59.8 Å². The van der Waals surface area contributed by atoms with Crippen LogP contribution in [0.5, 0.6) is 0 Å². The number of hydrogen-bond acceptors (Lipinski definition) is 4. The molecule has 2 aliphatic heterocycles. The van der Waals surface area contributed by atoms with Gasteiger partial charge in [-0.05, 0) is 31.2 Å². The Morgan fingerprint density at radius 3 is 2.71 bits per heavy atom. The lowest BCUT2D eigenvalue weighted by atomic mass is 9.79. The van der Waals surface area contributed by atoms with E-state index in [2.05, 4.69) is 16.2 Å². The van der Waals surface area contributed by atoms with Crippen LogP contribution in [0.1, 0.15) is 24.8 Å². The topological polar surface area (TPSA) is 58.4 Å². The molecule has 2 saturated heterocycles. The Hall–Kier alpha value is -0.920. The van der Waals surface area contributed by atoms with Crippen molar-refractivity contribution in [3.63, 3.8) is 0 Å². The van der Waals surface area contributed by atoms with E-state index in [9.17, 15) is 8.42 Å².